The molecule has 0 fully saturated rings. The van der Waals surface area contributed by atoms with Gasteiger partial charge in [-0.3, -0.25) is 0 Å². The maximum atomic E-state index is 13.7. The Kier molecular flexibility index (Phi) is 5.95. The van der Waals surface area contributed by atoms with E-state index >= 15 is 0 Å². The third-order valence-corrected chi connectivity index (χ3v) is 3.40. The molecule has 0 saturated heterocycles. The molecule has 0 unspecified atom stereocenters. The highest BCUT2D eigenvalue weighted by molar-refractivity contribution is 5.20. The molecule has 0 spiro atoms. The van der Waals surface area contributed by atoms with Crippen LogP contribution in [-0.2, 0) is 19.7 Å². The van der Waals surface area contributed by atoms with Gasteiger partial charge in [-0.25, -0.2) is 9.07 Å². The molecule has 0 saturated carbocycles. The monoisotopic (exact) mass is 305 g/mol. The Morgan fingerprint density at radius 3 is 2.77 bits per heavy atom. The number of hydrogen-bond acceptors (Lipinski definition) is 3. The molecule has 2 aromatic rings. The van der Waals surface area contributed by atoms with E-state index in [2.05, 4.69) is 24.3 Å². The maximum absolute atomic E-state index is 13.7. The summed E-state index contributed by atoms with van der Waals surface area (Å²) in [6.07, 6.45) is 1.02. The second kappa shape index (κ2) is 7.94. The Morgan fingerprint density at radius 1 is 1.32 bits per heavy atom. The van der Waals surface area contributed by atoms with Gasteiger partial charge in [0.25, 0.3) is 0 Å². The predicted octanol–water partition coefficient (Wildman–Crippen LogP) is 3.37. The number of nitrogens with one attached hydrogen (secondary N) is 1. The zero-order valence-electron chi connectivity index (χ0n) is 13.5. The van der Waals surface area contributed by atoms with E-state index in [1.165, 1.54) is 6.07 Å². The van der Waals surface area contributed by atoms with Crippen LogP contribution in [0.2, 0.25) is 0 Å². The second-order valence-corrected chi connectivity index (χ2v) is 5.79. The minimum atomic E-state index is -0.244. The van der Waals surface area contributed by atoms with E-state index in [0.717, 1.165) is 18.7 Å². The molecule has 4 nitrogen and oxygen atoms in total. The number of nitrogens with zero attached hydrogens (tertiary/aromatic N) is 2. The summed E-state index contributed by atoms with van der Waals surface area (Å²) in [7, 11) is 1.88. The highest BCUT2D eigenvalue weighted by atomic mass is 19.1. The fraction of sp³-hybridized carbons (Fsp3) is 0.471. The van der Waals surface area contributed by atoms with Gasteiger partial charge in [-0.05, 0) is 25.5 Å². The Balaban J connectivity index is 2.08. The quantitative estimate of drug-likeness (QED) is 0.813. The Labute approximate surface area is 131 Å². The van der Waals surface area contributed by atoms with E-state index in [1.54, 1.807) is 12.1 Å². The van der Waals surface area contributed by atoms with Crippen LogP contribution in [0.15, 0.2) is 30.3 Å². The molecule has 0 atom stereocenters. The van der Waals surface area contributed by atoms with Crippen molar-refractivity contribution in [1.29, 1.82) is 0 Å². The molecule has 1 aromatic heterocycles. The summed E-state index contributed by atoms with van der Waals surface area (Å²) in [4.78, 5) is 0. The first kappa shape index (κ1) is 16.5. The van der Waals surface area contributed by atoms with Crippen LogP contribution in [0.4, 0.5) is 4.39 Å². The van der Waals surface area contributed by atoms with Crippen LogP contribution in [0.1, 0.15) is 31.5 Å². The summed E-state index contributed by atoms with van der Waals surface area (Å²) >= 11 is 0. The van der Waals surface area contributed by atoms with Gasteiger partial charge in [0.05, 0.1) is 5.69 Å². The van der Waals surface area contributed by atoms with E-state index in [-0.39, 0.29) is 12.4 Å². The van der Waals surface area contributed by atoms with Crippen LogP contribution in [0, 0.1) is 11.7 Å². The number of ether oxygens (including phenoxy) is 1. The van der Waals surface area contributed by atoms with Crippen molar-refractivity contribution in [2.24, 2.45) is 5.92 Å². The summed E-state index contributed by atoms with van der Waals surface area (Å²) in [5.41, 5.74) is 1.48. The minimum absolute atomic E-state index is 0.207. The Bertz CT molecular complexity index is 595. The predicted molar refractivity (Wildman–Crippen MR) is 85.2 cm³/mol. The average Bonchev–Trinajstić information content (AvgIpc) is 2.87. The van der Waals surface area contributed by atoms with Crippen molar-refractivity contribution in [3.05, 3.63) is 47.4 Å². The first-order chi connectivity index (χ1) is 10.6. The molecule has 1 aromatic carbocycles. The van der Waals surface area contributed by atoms with Crippen molar-refractivity contribution in [3.8, 4) is 5.88 Å². The third-order valence-electron chi connectivity index (χ3n) is 3.40. The zero-order chi connectivity index (χ0) is 15.9. The summed E-state index contributed by atoms with van der Waals surface area (Å²) in [6, 6.07) is 8.58. The molecule has 0 aliphatic rings. The molecule has 1 heterocycles. The number of hydrogen-bond donors (Lipinski definition) is 1. The first-order valence-electron chi connectivity index (χ1n) is 7.67. The van der Waals surface area contributed by atoms with Crippen molar-refractivity contribution in [2.45, 2.75) is 40.0 Å². The molecular weight excluding hydrogens is 281 g/mol. The smallest absolute Gasteiger partial charge is 0.212 e. The number of halogens is 1. The topological polar surface area (TPSA) is 39.1 Å². The van der Waals surface area contributed by atoms with Crippen LogP contribution < -0.4 is 10.1 Å². The molecule has 0 aliphatic heterocycles. The number of benzene rings is 1. The highest BCUT2D eigenvalue weighted by Crippen LogP contribution is 2.18. The number of rotatable bonds is 8. The Hall–Kier alpha value is -1.88. The van der Waals surface area contributed by atoms with Gasteiger partial charge in [0.1, 0.15) is 12.4 Å². The normalized spacial score (nSPS) is 11.1. The average molecular weight is 305 g/mol. The van der Waals surface area contributed by atoms with Crippen LogP contribution in [0.25, 0.3) is 0 Å². The van der Waals surface area contributed by atoms with Gasteiger partial charge in [-0.15, -0.1) is 0 Å². The van der Waals surface area contributed by atoms with Crippen molar-refractivity contribution < 1.29 is 9.13 Å². The van der Waals surface area contributed by atoms with Crippen LogP contribution in [0.3, 0.4) is 0 Å². The maximum Gasteiger partial charge on any atom is 0.212 e. The van der Waals surface area contributed by atoms with Gasteiger partial charge >= 0.3 is 0 Å². The molecule has 5 heteroatoms. The lowest BCUT2D eigenvalue weighted by molar-refractivity contribution is 0.264. The molecule has 1 N–H and O–H groups in total. The van der Waals surface area contributed by atoms with Crippen LogP contribution >= 0.6 is 0 Å². The molecule has 120 valence electrons. The van der Waals surface area contributed by atoms with E-state index in [9.17, 15) is 4.39 Å². The number of aryl methyl sites for hydroxylation is 1. The van der Waals surface area contributed by atoms with E-state index in [1.807, 2.05) is 23.9 Å². The minimum Gasteiger partial charge on any atom is -0.473 e. The summed E-state index contributed by atoms with van der Waals surface area (Å²) in [5, 5.41) is 7.62. The van der Waals surface area contributed by atoms with Gasteiger partial charge in [0.15, 0.2) is 0 Å². The zero-order valence-corrected chi connectivity index (χ0v) is 13.5. The van der Waals surface area contributed by atoms with Crippen molar-refractivity contribution >= 4 is 0 Å². The van der Waals surface area contributed by atoms with Gasteiger partial charge in [-0.1, -0.05) is 32.0 Å². The molecular formula is C17H24FN3O. The fourth-order valence-corrected chi connectivity index (χ4v) is 2.14. The summed E-state index contributed by atoms with van der Waals surface area (Å²) in [6.45, 7) is 6.05. The highest BCUT2D eigenvalue weighted by Gasteiger charge is 2.10. The first-order valence-corrected chi connectivity index (χ1v) is 7.67. The lowest BCUT2D eigenvalue weighted by atomic mass is 10.1. The van der Waals surface area contributed by atoms with Crippen molar-refractivity contribution in [3.63, 3.8) is 0 Å². The molecule has 2 rings (SSSR count). The van der Waals surface area contributed by atoms with Gasteiger partial charge in [0.2, 0.25) is 5.88 Å². The SMILES string of the molecule is CNCc1cc(OCc2ccccc2F)n(CCC(C)C)n1. The lowest BCUT2D eigenvalue weighted by Gasteiger charge is -2.10. The van der Waals surface area contributed by atoms with Gasteiger partial charge < -0.3 is 10.1 Å². The molecule has 0 amide bonds. The van der Waals surface area contributed by atoms with Crippen LogP contribution in [-0.4, -0.2) is 16.8 Å². The van der Waals surface area contributed by atoms with Crippen molar-refractivity contribution in [1.82, 2.24) is 15.1 Å². The summed E-state index contributed by atoms with van der Waals surface area (Å²) in [5.74, 6) is 1.04. The van der Waals surface area contributed by atoms with E-state index < -0.39 is 0 Å². The standard InChI is InChI=1S/C17H24FN3O/c1-13(2)8-9-21-17(10-15(20-21)11-19-3)22-12-14-6-4-5-7-16(14)18/h4-7,10,13,19H,8-9,11-12H2,1-3H3. The third kappa shape index (κ3) is 4.56. The lowest BCUT2D eigenvalue weighted by Crippen LogP contribution is -2.09. The fourth-order valence-electron chi connectivity index (χ4n) is 2.14. The summed E-state index contributed by atoms with van der Waals surface area (Å²) < 4.78 is 21.3. The molecule has 0 aliphatic carbocycles. The van der Waals surface area contributed by atoms with Gasteiger partial charge in [-0.2, -0.15) is 5.10 Å². The van der Waals surface area contributed by atoms with Crippen LogP contribution in [0.5, 0.6) is 5.88 Å². The van der Waals surface area contributed by atoms with Crippen molar-refractivity contribution in [2.75, 3.05) is 7.05 Å². The number of aromatic nitrogens is 2. The second-order valence-electron chi connectivity index (χ2n) is 5.79. The largest absolute Gasteiger partial charge is 0.473 e. The molecule has 0 radical (unpaired) electrons. The molecule has 0 bridgehead atoms. The molecule has 22 heavy (non-hydrogen) atoms. The van der Waals surface area contributed by atoms with Gasteiger partial charge in [0, 0.05) is 24.7 Å². The van der Waals surface area contributed by atoms with E-state index in [4.69, 9.17) is 4.74 Å². The Morgan fingerprint density at radius 2 is 2.09 bits per heavy atom. The van der Waals surface area contributed by atoms with E-state index in [0.29, 0.717) is 23.9 Å².